The third-order valence-corrected chi connectivity index (χ3v) is 3.89. The maximum Gasteiger partial charge on any atom is 0.0791 e. The smallest absolute Gasteiger partial charge is 0.0791 e. The lowest BCUT2D eigenvalue weighted by Crippen LogP contribution is -2.48. The minimum Gasteiger partial charge on any atom is -0.190 e. The van der Waals surface area contributed by atoms with Crippen LogP contribution < -0.4 is 0 Å². The Morgan fingerprint density at radius 1 is 1.09 bits per heavy atom. The molecule has 2 saturated carbocycles. The van der Waals surface area contributed by atoms with Crippen molar-refractivity contribution in [2.24, 2.45) is 28.0 Å². The number of nitrogens with zero attached hydrogens (tertiary/aromatic N) is 2. The summed E-state index contributed by atoms with van der Waals surface area (Å²) < 4.78 is 0. The fourth-order valence-corrected chi connectivity index (χ4v) is 3.38. The van der Waals surface area contributed by atoms with Gasteiger partial charge in [0.05, 0.1) is 12.1 Å². The maximum absolute atomic E-state index is 4.35. The van der Waals surface area contributed by atoms with E-state index in [0.29, 0.717) is 12.1 Å². The molecule has 1 aliphatic heterocycles. The molecule has 5 atom stereocenters. The Bertz CT molecular complexity index is 212. The van der Waals surface area contributed by atoms with E-state index in [1.807, 2.05) is 0 Å². The lowest BCUT2D eigenvalue weighted by molar-refractivity contribution is 0.0742. The third-order valence-electron chi connectivity index (χ3n) is 3.89. The van der Waals surface area contributed by atoms with Crippen LogP contribution in [0, 0.1) is 17.8 Å². The Morgan fingerprint density at radius 2 is 1.91 bits per heavy atom. The number of azo groups is 1. The average Bonchev–Trinajstić information content (AvgIpc) is 2.43. The molecule has 3 aliphatic rings. The van der Waals surface area contributed by atoms with Gasteiger partial charge in [0.1, 0.15) is 0 Å². The van der Waals surface area contributed by atoms with Gasteiger partial charge in [0, 0.05) is 5.92 Å². The van der Waals surface area contributed by atoms with Gasteiger partial charge in [-0.1, -0.05) is 6.42 Å². The van der Waals surface area contributed by atoms with Crippen molar-refractivity contribution in [2.75, 3.05) is 0 Å². The molecule has 2 heteroatoms. The zero-order valence-electron chi connectivity index (χ0n) is 6.90. The molecule has 0 aromatic rings. The summed E-state index contributed by atoms with van der Waals surface area (Å²) in [6.07, 6.45) is 4.34. The molecule has 0 amide bonds. The van der Waals surface area contributed by atoms with Gasteiger partial charge in [-0.2, -0.15) is 10.2 Å². The quantitative estimate of drug-likeness (QED) is 0.506. The standard InChI is InChI=1S/C9H14N2/c1-5-8-6-3-2-4-7(6)9(8)11-10-5/h5-9H,2-4H2,1H3/t5-,6+,7+,8+,9+/m0/s1. The van der Waals surface area contributed by atoms with Gasteiger partial charge in [0.25, 0.3) is 0 Å². The first kappa shape index (κ1) is 6.15. The highest BCUT2D eigenvalue weighted by molar-refractivity contribution is 5.09. The monoisotopic (exact) mass is 150 g/mol. The second kappa shape index (κ2) is 1.85. The summed E-state index contributed by atoms with van der Waals surface area (Å²) in [4.78, 5) is 0. The highest BCUT2D eigenvalue weighted by Gasteiger charge is 2.56. The minimum atomic E-state index is 0.541. The van der Waals surface area contributed by atoms with Gasteiger partial charge in [-0.25, -0.2) is 0 Å². The molecule has 0 radical (unpaired) electrons. The molecule has 0 unspecified atom stereocenters. The van der Waals surface area contributed by atoms with Crippen LogP contribution in [0.4, 0.5) is 0 Å². The average molecular weight is 150 g/mol. The second-order valence-corrected chi connectivity index (χ2v) is 4.30. The summed E-state index contributed by atoms with van der Waals surface area (Å²) in [7, 11) is 0. The van der Waals surface area contributed by atoms with Crippen molar-refractivity contribution in [3.8, 4) is 0 Å². The number of hydrogen-bond donors (Lipinski definition) is 0. The predicted octanol–water partition coefficient (Wildman–Crippen LogP) is 2.26. The van der Waals surface area contributed by atoms with Crippen LogP contribution in [0.2, 0.25) is 0 Å². The molecule has 3 rings (SSSR count). The first-order valence-electron chi connectivity index (χ1n) is 4.78. The Morgan fingerprint density at radius 3 is 2.82 bits per heavy atom. The molecule has 11 heavy (non-hydrogen) atoms. The van der Waals surface area contributed by atoms with Gasteiger partial charge in [-0.3, -0.25) is 0 Å². The van der Waals surface area contributed by atoms with Crippen LogP contribution >= 0.6 is 0 Å². The first-order chi connectivity index (χ1) is 5.38. The lowest BCUT2D eigenvalue weighted by atomic mass is 9.61. The van der Waals surface area contributed by atoms with Crippen LogP contribution in [0.3, 0.4) is 0 Å². The summed E-state index contributed by atoms with van der Waals surface area (Å²) in [5.74, 6) is 2.79. The van der Waals surface area contributed by atoms with Crippen molar-refractivity contribution in [1.82, 2.24) is 0 Å². The molecule has 0 bridgehead atoms. The fraction of sp³-hybridized carbons (Fsp3) is 1.00. The number of fused-ring (bicyclic) bond motifs is 4. The lowest BCUT2D eigenvalue weighted by Gasteiger charge is -2.43. The zero-order valence-corrected chi connectivity index (χ0v) is 6.90. The second-order valence-electron chi connectivity index (χ2n) is 4.30. The van der Waals surface area contributed by atoms with Crippen molar-refractivity contribution >= 4 is 0 Å². The topological polar surface area (TPSA) is 24.7 Å². The van der Waals surface area contributed by atoms with E-state index < -0.39 is 0 Å². The first-order valence-corrected chi connectivity index (χ1v) is 4.78. The molecule has 60 valence electrons. The number of rotatable bonds is 0. The Hall–Kier alpha value is -0.400. The van der Waals surface area contributed by atoms with E-state index in [1.165, 1.54) is 19.3 Å². The Labute approximate surface area is 67.1 Å². The normalized spacial score (nSPS) is 58.8. The van der Waals surface area contributed by atoms with E-state index in [4.69, 9.17) is 0 Å². The van der Waals surface area contributed by atoms with Gasteiger partial charge >= 0.3 is 0 Å². The van der Waals surface area contributed by atoms with Crippen LogP contribution in [0.25, 0.3) is 0 Å². The van der Waals surface area contributed by atoms with E-state index >= 15 is 0 Å². The summed E-state index contributed by atoms with van der Waals surface area (Å²) in [6, 6.07) is 1.19. The van der Waals surface area contributed by atoms with E-state index in [2.05, 4.69) is 17.2 Å². The largest absolute Gasteiger partial charge is 0.190 e. The third kappa shape index (κ3) is 0.592. The minimum absolute atomic E-state index is 0.541. The molecular weight excluding hydrogens is 136 g/mol. The summed E-state index contributed by atoms with van der Waals surface area (Å²) in [5, 5.41) is 8.62. The zero-order chi connectivity index (χ0) is 7.42. The maximum atomic E-state index is 4.35. The number of hydrogen-bond acceptors (Lipinski definition) is 2. The molecular formula is C9H14N2. The molecule has 2 fully saturated rings. The molecule has 0 spiro atoms. The van der Waals surface area contributed by atoms with Crippen molar-refractivity contribution in [3.05, 3.63) is 0 Å². The van der Waals surface area contributed by atoms with E-state index in [0.717, 1.165) is 17.8 Å². The van der Waals surface area contributed by atoms with Crippen LogP contribution in [-0.2, 0) is 0 Å². The molecule has 0 saturated heterocycles. The Kier molecular flexibility index (Phi) is 1.03. The summed E-state index contributed by atoms with van der Waals surface area (Å²) in [5.41, 5.74) is 0. The molecule has 2 aliphatic carbocycles. The van der Waals surface area contributed by atoms with Crippen molar-refractivity contribution < 1.29 is 0 Å². The van der Waals surface area contributed by atoms with Crippen molar-refractivity contribution in [2.45, 2.75) is 38.3 Å². The van der Waals surface area contributed by atoms with Gasteiger partial charge in [-0.05, 0) is 31.6 Å². The highest BCUT2D eigenvalue weighted by Crippen LogP contribution is 2.56. The van der Waals surface area contributed by atoms with Gasteiger partial charge in [0.2, 0.25) is 0 Å². The predicted molar refractivity (Wildman–Crippen MR) is 42.4 cm³/mol. The molecule has 0 N–H and O–H groups in total. The Balaban J connectivity index is 1.88. The van der Waals surface area contributed by atoms with Crippen LogP contribution in [0.15, 0.2) is 10.2 Å². The fourth-order valence-electron chi connectivity index (χ4n) is 3.38. The molecule has 1 heterocycles. The highest BCUT2D eigenvalue weighted by atomic mass is 15.2. The molecule has 2 nitrogen and oxygen atoms in total. The van der Waals surface area contributed by atoms with Gasteiger partial charge in [-0.15, -0.1) is 0 Å². The van der Waals surface area contributed by atoms with Gasteiger partial charge < -0.3 is 0 Å². The summed E-state index contributed by atoms with van der Waals surface area (Å²) >= 11 is 0. The molecule has 0 aromatic carbocycles. The van der Waals surface area contributed by atoms with Crippen molar-refractivity contribution in [3.63, 3.8) is 0 Å². The summed E-state index contributed by atoms with van der Waals surface area (Å²) in [6.45, 7) is 2.22. The SMILES string of the molecule is C[C@@H]1N=N[C@@H]2[C@@H]3CCC[C@H]3[C@H]21. The van der Waals surface area contributed by atoms with E-state index in [9.17, 15) is 0 Å². The van der Waals surface area contributed by atoms with Gasteiger partial charge in [0.15, 0.2) is 0 Å². The van der Waals surface area contributed by atoms with Crippen molar-refractivity contribution in [1.29, 1.82) is 0 Å². The van der Waals surface area contributed by atoms with Crippen LogP contribution in [-0.4, -0.2) is 12.1 Å². The van der Waals surface area contributed by atoms with Crippen LogP contribution in [0.5, 0.6) is 0 Å². The molecule has 0 aromatic heterocycles. The van der Waals surface area contributed by atoms with E-state index in [-0.39, 0.29) is 0 Å². The van der Waals surface area contributed by atoms with Crippen LogP contribution in [0.1, 0.15) is 26.2 Å². The van der Waals surface area contributed by atoms with E-state index in [1.54, 1.807) is 0 Å².